The third kappa shape index (κ3) is 3.06. The molecule has 0 radical (unpaired) electrons. The van der Waals surface area contributed by atoms with Crippen LogP contribution >= 0.6 is 11.6 Å². The molecule has 0 amide bonds. The lowest BCUT2D eigenvalue weighted by atomic mass is 9.74. The Morgan fingerprint density at radius 2 is 1.84 bits per heavy atom. The molecule has 1 saturated heterocycles. The van der Waals surface area contributed by atoms with Crippen molar-refractivity contribution in [2.45, 2.75) is 36.7 Å². The monoisotopic (exact) mass is 430 g/mol. The molecular formula is C27H27ClN2O. The molecule has 1 aromatic heterocycles. The van der Waals surface area contributed by atoms with Crippen LogP contribution in [-0.4, -0.2) is 34.6 Å². The first-order chi connectivity index (χ1) is 15.2. The van der Waals surface area contributed by atoms with Crippen LogP contribution in [0.25, 0.3) is 0 Å². The highest BCUT2D eigenvalue weighted by atomic mass is 35.5. The Hall–Kier alpha value is -2.20. The molecule has 1 fully saturated rings. The van der Waals surface area contributed by atoms with E-state index in [1.807, 2.05) is 18.2 Å². The number of aromatic nitrogens is 1. The zero-order valence-electron chi connectivity index (χ0n) is 17.5. The molecule has 158 valence electrons. The zero-order valence-corrected chi connectivity index (χ0v) is 18.3. The third-order valence-corrected chi connectivity index (χ3v) is 8.14. The average molecular weight is 431 g/mol. The van der Waals surface area contributed by atoms with Crippen LogP contribution in [-0.2, 0) is 5.41 Å². The minimum Gasteiger partial charge on any atom is -0.388 e. The minimum absolute atomic E-state index is 0.0380. The quantitative estimate of drug-likeness (QED) is 0.608. The highest BCUT2D eigenvalue weighted by molar-refractivity contribution is 6.30. The van der Waals surface area contributed by atoms with Crippen LogP contribution in [0.15, 0.2) is 67.0 Å². The van der Waals surface area contributed by atoms with Gasteiger partial charge in [0.05, 0.1) is 6.10 Å². The summed E-state index contributed by atoms with van der Waals surface area (Å²) >= 11 is 6.46. The summed E-state index contributed by atoms with van der Waals surface area (Å²) in [6, 6.07) is 19.4. The lowest BCUT2D eigenvalue weighted by Crippen LogP contribution is -2.44. The number of aliphatic hydroxyl groups excluding tert-OH is 1. The zero-order chi connectivity index (χ0) is 21.0. The van der Waals surface area contributed by atoms with Crippen molar-refractivity contribution < 1.29 is 5.11 Å². The Morgan fingerprint density at radius 1 is 1.03 bits per heavy atom. The van der Waals surface area contributed by atoms with Gasteiger partial charge in [-0.3, -0.25) is 4.98 Å². The number of hydrogen-bond donors (Lipinski definition) is 1. The normalized spacial score (nSPS) is 25.9. The van der Waals surface area contributed by atoms with Crippen LogP contribution in [0.4, 0.5) is 0 Å². The number of benzene rings is 2. The second-order valence-electron chi connectivity index (χ2n) is 9.50. The van der Waals surface area contributed by atoms with Gasteiger partial charge in [-0.25, -0.2) is 0 Å². The Morgan fingerprint density at radius 3 is 2.65 bits per heavy atom. The maximum absolute atomic E-state index is 10.8. The molecule has 3 nitrogen and oxygen atoms in total. The fraction of sp³-hybridized carbons (Fsp3) is 0.370. The van der Waals surface area contributed by atoms with Crippen LogP contribution in [0.5, 0.6) is 0 Å². The Kier molecular flexibility index (Phi) is 4.68. The van der Waals surface area contributed by atoms with E-state index in [2.05, 4.69) is 46.3 Å². The maximum Gasteiger partial charge on any atom is 0.0833 e. The summed E-state index contributed by atoms with van der Waals surface area (Å²) in [5.41, 5.74) is 6.86. The van der Waals surface area contributed by atoms with Gasteiger partial charge in [0, 0.05) is 35.3 Å². The Balaban J connectivity index is 1.25. The van der Waals surface area contributed by atoms with Crippen molar-refractivity contribution in [2.24, 2.45) is 5.92 Å². The molecule has 6 rings (SSSR count). The fourth-order valence-corrected chi connectivity index (χ4v) is 6.62. The number of hydrogen-bond acceptors (Lipinski definition) is 3. The van der Waals surface area contributed by atoms with Crippen molar-refractivity contribution in [3.8, 4) is 0 Å². The second-order valence-corrected chi connectivity index (χ2v) is 9.94. The van der Waals surface area contributed by atoms with Crippen LogP contribution in [0.2, 0.25) is 5.02 Å². The number of aliphatic hydroxyl groups is 1. The predicted octanol–water partition coefficient (Wildman–Crippen LogP) is 5.32. The van der Waals surface area contributed by atoms with Crippen LogP contribution in [0, 0.1) is 5.92 Å². The summed E-state index contributed by atoms with van der Waals surface area (Å²) in [6.07, 6.45) is 6.32. The molecule has 4 heteroatoms. The molecule has 3 aromatic rings. The summed E-state index contributed by atoms with van der Waals surface area (Å²) < 4.78 is 0. The van der Waals surface area contributed by atoms with Gasteiger partial charge < -0.3 is 10.0 Å². The molecule has 2 aromatic carbocycles. The van der Waals surface area contributed by atoms with Crippen molar-refractivity contribution in [1.82, 2.24) is 9.88 Å². The number of likely N-dealkylation sites (tertiary alicyclic amines) is 1. The summed E-state index contributed by atoms with van der Waals surface area (Å²) in [5.74, 6) is 0.792. The van der Waals surface area contributed by atoms with Gasteiger partial charge in [0.25, 0.3) is 0 Å². The van der Waals surface area contributed by atoms with Gasteiger partial charge in [-0.05, 0) is 84.3 Å². The first-order valence-corrected chi connectivity index (χ1v) is 11.7. The number of nitrogens with zero attached hydrogens (tertiary/aromatic N) is 2. The van der Waals surface area contributed by atoms with Crippen molar-refractivity contribution in [3.05, 3.63) is 99.8 Å². The topological polar surface area (TPSA) is 36.4 Å². The van der Waals surface area contributed by atoms with Crippen LogP contribution in [0.1, 0.15) is 59.1 Å². The molecule has 0 spiro atoms. The smallest absolute Gasteiger partial charge is 0.0833 e. The van der Waals surface area contributed by atoms with Crippen LogP contribution < -0.4 is 0 Å². The first-order valence-electron chi connectivity index (χ1n) is 11.4. The highest BCUT2D eigenvalue weighted by Crippen LogP contribution is 2.60. The van der Waals surface area contributed by atoms with Gasteiger partial charge in [-0.1, -0.05) is 48.0 Å². The van der Waals surface area contributed by atoms with Crippen LogP contribution in [0.3, 0.4) is 0 Å². The molecule has 1 unspecified atom stereocenters. The van der Waals surface area contributed by atoms with E-state index in [0.717, 1.165) is 49.5 Å². The number of fused-ring (bicyclic) bond motifs is 8. The fourth-order valence-electron chi connectivity index (χ4n) is 6.45. The summed E-state index contributed by atoms with van der Waals surface area (Å²) in [4.78, 5) is 6.79. The molecule has 3 aliphatic rings. The molecule has 2 bridgehead atoms. The number of piperidine rings is 1. The van der Waals surface area contributed by atoms with Crippen molar-refractivity contribution >= 4 is 11.6 Å². The molecule has 0 saturated carbocycles. The summed E-state index contributed by atoms with van der Waals surface area (Å²) in [6.45, 7) is 3.07. The Labute approximate surface area is 188 Å². The van der Waals surface area contributed by atoms with Gasteiger partial charge in [0.15, 0.2) is 0 Å². The molecule has 1 N–H and O–H groups in total. The number of halogens is 1. The lowest BCUT2D eigenvalue weighted by molar-refractivity contribution is 0.0538. The van der Waals surface area contributed by atoms with E-state index in [1.54, 1.807) is 12.4 Å². The molecule has 3 atom stereocenters. The summed E-state index contributed by atoms with van der Waals surface area (Å²) in [5, 5.41) is 11.7. The molecule has 2 aliphatic carbocycles. The minimum atomic E-state index is -0.420. The number of pyridine rings is 1. The second kappa shape index (κ2) is 7.44. The predicted molar refractivity (Wildman–Crippen MR) is 123 cm³/mol. The molecule has 2 heterocycles. The van der Waals surface area contributed by atoms with Gasteiger partial charge in [0.2, 0.25) is 0 Å². The lowest BCUT2D eigenvalue weighted by Gasteiger charge is -2.40. The third-order valence-electron chi connectivity index (χ3n) is 7.91. The standard InChI is InChI=1S/C27H27ClN2O/c28-20-7-8-22-23-15-27(25(22)14-20,24-6-2-1-5-21(23)24)17-30-12-9-18(10-13-30)26(31)19-4-3-11-29-16-19/h1-8,11,14,16,18,23,26,31H,9-10,12-13,15,17H2/t23?,26-,27+/m1/s1. The molecular weight excluding hydrogens is 404 g/mol. The van der Waals surface area contributed by atoms with E-state index < -0.39 is 6.10 Å². The van der Waals surface area contributed by atoms with E-state index in [-0.39, 0.29) is 5.41 Å². The molecule has 31 heavy (non-hydrogen) atoms. The SMILES string of the molecule is O[C@@H](c1cccnc1)C1CCN(C[C@@]23CC(c4ccccc42)c2ccc(Cl)cc23)CC1. The Bertz CT molecular complexity index is 1110. The van der Waals surface area contributed by atoms with Gasteiger partial charge in [-0.2, -0.15) is 0 Å². The van der Waals surface area contributed by atoms with Crippen molar-refractivity contribution in [2.75, 3.05) is 19.6 Å². The number of rotatable bonds is 4. The maximum atomic E-state index is 10.8. The average Bonchev–Trinajstić information content (AvgIpc) is 3.31. The van der Waals surface area contributed by atoms with Crippen molar-refractivity contribution in [1.29, 1.82) is 0 Å². The molecule has 1 aliphatic heterocycles. The van der Waals surface area contributed by atoms with E-state index in [0.29, 0.717) is 11.8 Å². The van der Waals surface area contributed by atoms with E-state index >= 15 is 0 Å². The van der Waals surface area contributed by atoms with E-state index in [4.69, 9.17) is 11.6 Å². The van der Waals surface area contributed by atoms with Crippen molar-refractivity contribution in [3.63, 3.8) is 0 Å². The first kappa shape index (κ1) is 19.5. The largest absolute Gasteiger partial charge is 0.388 e. The van der Waals surface area contributed by atoms with Gasteiger partial charge in [0.1, 0.15) is 0 Å². The highest BCUT2D eigenvalue weighted by Gasteiger charge is 2.53. The van der Waals surface area contributed by atoms with E-state index in [9.17, 15) is 5.11 Å². The van der Waals surface area contributed by atoms with E-state index in [1.165, 1.54) is 22.3 Å². The summed E-state index contributed by atoms with van der Waals surface area (Å²) in [7, 11) is 0. The van der Waals surface area contributed by atoms with Gasteiger partial charge >= 0.3 is 0 Å². The van der Waals surface area contributed by atoms with Gasteiger partial charge in [-0.15, -0.1) is 0 Å².